The minimum Gasteiger partial charge on any atom is -0.383 e. The van der Waals surface area contributed by atoms with Gasteiger partial charge in [-0.05, 0) is 26.7 Å². The molecule has 1 aliphatic heterocycles. The van der Waals surface area contributed by atoms with Gasteiger partial charge in [-0.25, -0.2) is 0 Å². The number of nitrogens with zero attached hydrogens (tertiary/aromatic N) is 2. The van der Waals surface area contributed by atoms with Crippen LogP contribution in [-0.4, -0.2) is 43.2 Å². The first-order valence-corrected chi connectivity index (χ1v) is 7.57. The lowest BCUT2D eigenvalue weighted by Crippen LogP contribution is -2.33. The fourth-order valence-electron chi connectivity index (χ4n) is 2.66. The Morgan fingerprint density at radius 1 is 1.55 bits per heavy atom. The Kier molecular flexibility index (Phi) is 6.01. The standard InChI is InChI=1S/C15H27N3O2/c1-12(2)18-11-14(10-17-18)15-13(5-4-7-20-15)9-16-6-8-19-3/h10-13,15-16H,4-9H2,1-3H3. The first-order chi connectivity index (χ1) is 9.72. The first-order valence-electron chi connectivity index (χ1n) is 7.57. The van der Waals surface area contributed by atoms with E-state index in [1.165, 1.54) is 12.0 Å². The number of hydrogen-bond acceptors (Lipinski definition) is 4. The van der Waals surface area contributed by atoms with Crippen LogP contribution in [0.3, 0.4) is 0 Å². The van der Waals surface area contributed by atoms with E-state index in [0.29, 0.717) is 12.0 Å². The molecule has 2 atom stereocenters. The molecule has 1 aromatic heterocycles. The van der Waals surface area contributed by atoms with Crippen molar-refractivity contribution in [3.8, 4) is 0 Å². The number of methoxy groups -OCH3 is 1. The smallest absolute Gasteiger partial charge is 0.0895 e. The fraction of sp³-hybridized carbons (Fsp3) is 0.800. The van der Waals surface area contributed by atoms with Gasteiger partial charge >= 0.3 is 0 Å². The van der Waals surface area contributed by atoms with E-state index in [0.717, 1.165) is 32.7 Å². The molecule has 1 saturated heterocycles. The van der Waals surface area contributed by atoms with Gasteiger partial charge in [0.05, 0.1) is 18.9 Å². The minimum absolute atomic E-state index is 0.172. The van der Waals surface area contributed by atoms with Crippen LogP contribution in [0.2, 0.25) is 0 Å². The van der Waals surface area contributed by atoms with Crippen molar-refractivity contribution in [1.29, 1.82) is 0 Å². The highest BCUT2D eigenvalue weighted by molar-refractivity contribution is 5.11. The second-order valence-corrected chi connectivity index (χ2v) is 5.74. The highest BCUT2D eigenvalue weighted by Crippen LogP contribution is 2.33. The Morgan fingerprint density at radius 3 is 3.10 bits per heavy atom. The third kappa shape index (κ3) is 4.04. The molecule has 0 bridgehead atoms. The summed E-state index contributed by atoms with van der Waals surface area (Å²) in [5.74, 6) is 0.519. The number of hydrogen-bond donors (Lipinski definition) is 1. The number of aromatic nitrogens is 2. The van der Waals surface area contributed by atoms with Crippen LogP contribution in [0.1, 0.15) is 44.4 Å². The third-order valence-corrected chi connectivity index (χ3v) is 3.81. The Morgan fingerprint density at radius 2 is 2.40 bits per heavy atom. The maximum atomic E-state index is 6.00. The van der Waals surface area contributed by atoms with Gasteiger partial charge < -0.3 is 14.8 Å². The topological polar surface area (TPSA) is 48.3 Å². The highest BCUT2D eigenvalue weighted by atomic mass is 16.5. The van der Waals surface area contributed by atoms with Crippen LogP contribution in [0.5, 0.6) is 0 Å². The third-order valence-electron chi connectivity index (χ3n) is 3.81. The lowest BCUT2D eigenvalue weighted by molar-refractivity contribution is -0.0280. The molecule has 1 N–H and O–H groups in total. The molecule has 0 radical (unpaired) electrons. The van der Waals surface area contributed by atoms with Crippen molar-refractivity contribution in [2.45, 2.75) is 38.8 Å². The van der Waals surface area contributed by atoms with Gasteiger partial charge in [0.1, 0.15) is 0 Å². The summed E-state index contributed by atoms with van der Waals surface area (Å²) in [5.41, 5.74) is 1.21. The van der Waals surface area contributed by atoms with E-state index in [2.05, 4.69) is 30.5 Å². The molecule has 5 nitrogen and oxygen atoms in total. The highest BCUT2D eigenvalue weighted by Gasteiger charge is 2.28. The molecule has 0 saturated carbocycles. The Labute approximate surface area is 121 Å². The quantitative estimate of drug-likeness (QED) is 0.778. The molecule has 1 fully saturated rings. The summed E-state index contributed by atoms with van der Waals surface area (Å²) in [4.78, 5) is 0. The van der Waals surface area contributed by atoms with E-state index in [4.69, 9.17) is 9.47 Å². The Hall–Kier alpha value is -0.910. The molecule has 0 spiro atoms. The molecule has 20 heavy (non-hydrogen) atoms. The second-order valence-electron chi connectivity index (χ2n) is 5.74. The molecule has 2 heterocycles. The van der Waals surface area contributed by atoms with Crippen LogP contribution in [0.15, 0.2) is 12.4 Å². The molecule has 0 amide bonds. The van der Waals surface area contributed by atoms with Gasteiger partial charge in [0.25, 0.3) is 0 Å². The number of rotatable bonds is 7. The Balaban J connectivity index is 1.94. The van der Waals surface area contributed by atoms with E-state index >= 15 is 0 Å². The molecular formula is C15H27N3O2. The number of ether oxygens (including phenoxy) is 2. The predicted molar refractivity (Wildman–Crippen MR) is 78.8 cm³/mol. The van der Waals surface area contributed by atoms with Gasteiger partial charge in [-0.3, -0.25) is 4.68 Å². The average molecular weight is 281 g/mol. The van der Waals surface area contributed by atoms with E-state index in [1.54, 1.807) is 7.11 Å². The maximum absolute atomic E-state index is 6.00. The Bertz CT molecular complexity index is 392. The van der Waals surface area contributed by atoms with Crippen LogP contribution in [-0.2, 0) is 9.47 Å². The lowest BCUT2D eigenvalue weighted by Gasteiger charge is -2.31. The summed E-state index contributed by atoms with van der Waals surface area (Å²) in [6.07, 6.45) is 6.61. The zero-order valence-corrected chi connectivity index (χ0v) is 12.8. The summed E-state index contributed by atoms with van der Waals surface area (Å²) in [6, 6.07) is 0.394. The zero-order valence-electron chi connectivity index (χ0n) is 12.8. The summed E-state index contributed by atoms with van der Waals surface area (Å²) in [6.45, 7) is 7.76. The van der Waals surface area contributed by atoms with Gasteiger partial charge in [-0.1, -0.05) is 0 Å². The van der Waals surface area contributed by atoms with Gasteiger partial charge in [0.15, 0.2) is 0 Å². The van der Waals surface area contributed by atoms with Crippen molar-refractivity contribution in [2.24, 2.45) is 5.92 Å². The molecule has 114 valence electrons. The van der Waals surface area contributed by atoms with Crippen molar-refractivity contribution >= 4 is 0 Å². The molecular weight excluding hydrogens is 254 g/mol. The van der Waals surface area contributed by atoms with E-state index in [-0.39, 0.29) is 6.10 Å². The van der Waals surface area contributed by atoms with E-state index in [9.17, 15) is 0 Å². The van der Waals surface area contributed by atoms with Gasteiger partial charge in [0.2, 0.25) is 0 Å². The van der Waals surface area contributed by atoms with Crippen molar-refractivity contribution in [3.05, 3.63) is 18.0 Å². The van der Waals surface area contributed by atoms with Crippen LogP contribution in [0.4, 0.5) is 0 Å². The zero-order chi connectivity index (χ0) is 14.4. The summed E-state index contributed by atoms with van der Waals surface area (Å²) >= 11 is 0. The molecule has 2 rings (SSSR count). The van der Waals surface area contributed by atoms with Crippen molar-refractivity contribution in [2.75, 3.05) is 33.4 Å². The van der Waals surface area contributed by atoms with Crippen LogP contribution < -0.4 is 5.32 Å². The predicted octanol–water partition coefficient (Wildman–Crippen LogP) is 2.17. The summed E-state index contributed by atoms with van der Waals surface area (Å²) in [5, 5.41) is 7.88. The van der Waals surface area contributed by atoms with Gasteiger partial charge in [-0.15, -0.1) is 0 Å². The monoisotopic (exact) mass is 281 g/mol. The largest absolute Gasteiger partial charge is 0.383 e. The fourth-order valence-corrected chi connectivity index (χ4v) is 2.66. The van der Waals surface area contributed by atoms with E-state index < -0.39 is 0 Å². The maximum Gasteiger partial charge on any atom is 0.0895 e. The number of nitrogens with one attached hydrogen (secondary N) is 1. The molecule has 0 aliphatic carbocycles. The second kappa shape index (κ2) is 7.76. The molecule has 2 unspecified atom stereocenters. The molecule has 5 heteroatoms. The van der Waals surface area contributed by atoms with Crippen molar-refractivity contribution in [3.63, 3.8) is 0 Å². The molecule has 1 aliphatic rings. The van der Waals surface area contributed by atoms with Crippen molar-refractivity contribution < 1.29 is 9.47 Å². The van der Waals surface area contributed by atoms with Crippen molar-refractivity contribution in [1.82, 2.24) is 15.1 Å². The molecule has 1 aromatic rings. The van der Waals surface area contributed by atoms with Crippen LogP contribution >= 0.6 is 0 Å². The molecule has 0 aromatic carbocycles. The normalized spacial score (nSPS) is 23.4. The lowest BCUT2D eigenvalue weighted by atomic mass is 9.91. The first kappa shape index (κ1) is 15.5. The SMILES string of the molecule is COCCNCC1CCCOC1c1cnn(C(C)C)c1. The summed E-state index contributed by atoms with van der Waals surface area (Å²) < 4.78 is 13.1. The van der Waals surface area contributed by atoms with E-state index in [1.807, 2.05) is 10.9 Å². The van der Waals surface area contributed by atoms with Crippen LogP contribution in [0, 0.1) is 5.92 Å². The average Bonchev–Trinajstić information content (AvgIpc) is 2.94. The van der Waals surface area contributed by atoms with Crippen LogP contribution in [0.25, 0.3) is 0 Å². The minimum atomic E-state index is 0.172. The van der Waals surface area contributed by atoms with Gasteiger partial charge in [0, 0.05) is 50.5 Å². The summed E-state index contributed by atoms with van der Waals surface area (Å²) in [7, 11) is 1.73. The van der Waals surface area contributed by atoms with Gasteiger partial charge in [-0.2, -0.15) is 5.10 Å².